The fourth-order valence-corrected chi connectivity index (χ4v) is 1.90. The van der Waals surface area contributed by atoms with Crippen LogP contribution in [0.25, 0.3) is 0 Å². The number of ether oxygens (including phenoxy) is 1. The van der Waals surface area contributed by atoms with E-state index in [0.717, 1.165) is 17.8 Å². The minimum Gasteiger partial charge on any atom is -0.383 e. The first-order valence-electron chi connectivity index (χ1n) is 6.16. The molecule has 1 unspecified atom stereocenters. The molecule has 4 heteroatoms. The highest BCUT2D eigenvalue weighted by atomic mass is 16.5. The normalized spacial score (nSPS) is 11.9. The van der Waals surface area contributed by atoms with Gasteiger partial charge in [-0.05, 0) is 18.6 Å². The molecule has 0 fully saturated rings. The summed E-state index contributed by atoms with van der Waals surface area (Å²) in [7, 11) is 1.68. The van der Waals surface area contributed by atoms with Crippen LogP contribution in [0.2, 0.25) is 0 Å². The third-order valence-electron chi connectivity index (χ3n) is 2.83. The SMILES string of the molecule is COCCN(CCC#N)c1ccccc1C(C)N. The maximum absolute atomic E-state index is 8.73. The van der Waals surface area contributed by atoms with Crippen LogP contribution in [-0.4, -0.2) is 26.8 Å². The van der Waals surface area contributed by atoms with Gasteiger partial charge in [-0.15, -0.1) is 0 Å². The van der Waals surface area contributed by atoms with Crippen LogP contribution in [0.5, 0.6) is 0 Å². The molecule has 0 aliphatic rings. The van der Waals surface area contributed by atoms with Crippen molar-refractivity contribution in [3.63, 3.8) is 0 Å². The summed E-state index contributed by atoms with van der Waals surface area (Å²) in [4.78, 5) is 2.16. The van der Waals surface area contributed by atoms with Gasteiger partial charge in [-0.1, -0.05) is 18.2 Å². The van der Waals surface area contributed by atoms with Crippen molar-refractivity contribution in [3.8, 4) is 6.07 Å². The van der Waals surface area contributed by atoms with Crippen LogP contribution in [0.3, 0.4) is 0 Å². The lowest BCUT2D eigenvalue weighted by Crippen LogP contribution is -2.29. The summed E-state index contributed by atoms with van der Waals surface area (Å²) in [6, 6.07) is 10.2. The number of nitrogens with zero attached hydrogens (tertiary/aromatic N) is 2. The predicted octanol–water partition coefficient (Wildman–Crippen LogP) is 2.07. The van der Waals surface area contributed by atoms with E-state index in [4.69, 9.17) is 15.7 Å². The van der Waals surface area contributed by atoms with Gasteiger partial charge in [0.1, 0.15) is 0 Å². The minimum atomic E-state index is -0.0201. The molecule has 0 aromatic heterocycles. The first-order valence-corrected chi connectivity index (χ1v) is 6.16. The molecule has 0 heterocycles. The Bertz CT molecular complexity index is 398. The summed E-state index contributed by atoms with van der Waals surface area (Å²) in [5, 5.41) is 8.73. The standard InChI is InChI=1S/C14H21N3O/c1-12(16)13-6-3-4-7-14(13)17(9-5-8-15)10-11-18-2/h3-4,6-7,12H,5,9-11,16H2,1-2H3. The Hall–Kier alpha value is -1.57. The molecule has 1 aromatic rings. The number of para-hydroxylation sites is 1. The van der Waals surface area contributed by atoms with E-state index in [2.05, 4.69) is 11.0 Å². The first-order chi connectivity index (χ1) is 8.70. The molecule has 0 saturated heterocycles. The molecular formula is C14H21N3O. The number of rotatable bonds is 7. The van der Waals surface area contributed by atoms with Crippen molar-refractivity contribution in [1.29, 1.82) is 5.26 Å². The van der Waals surface area contributed by atoms with Crippen molar-refractivity contribution in [2.45, 2.75) is 19.4 Å². The molecule has 0 bridgehead atoms. The van der Waals surface area contributed by atoms with Gasteiger partial charge in [-0.2, -0.15) is 5.26 Å². The highest BCUT2D eigenvalue weighted by molar-refractivity contribution is 5.55. The zero-order valence-electron chi connectivity index (χ0n) is 11.1. The Balaban J connectivity index is 2.92. The van der Waals surface area contributed by atoms with Gasteiger partial charge in [-0.3, -0.25) is 0 Å². The second-order valence-electron chi connectivity index (χ2n) is 4.24. The molecule has 0 aliphatic heterocycles. The number of benzene rings is 1. The van der Waals surface area contributed by atoms with E-state index in [0.29, 0.717) is 19.6 Å². The largest absolute Gasteiger partial charge is 0.383 e. The van der Waals surface area contributed by atoms with Crippen LogP contribution in [0.4, 0.5) is 5.69 Å². The number of hydrogen-bond donors (Lipinski definition) is 1. The van der Waals surface area contributed by atoms with E-state index in [1.807, 2.05) is 31.2 Å². The van der Waals surface area contributed by atoms with Crippen LogP contribution in [0.15, 0.2) is 24.3 Å². The van der Waals surface area contributed by atoms with Gasteiger partial charge in [0.25, 0.3) is 0 Å². The van der Waals surface area contributed by atoms with Crippen molar-refractivity contribution < 1.29 is 4.74 Å². The van der Waals surface area contributed by atoms with Gasteiger partial charge in [0.05, 0.1) is 19.1 Å². The van der Waals surface area contributed by atoms with E-state index in [9.17, 15) is 0 Å². The van der Waals surface area contributed by atoms with Crippen molar-refractivity contribution in [2.24, 2.45) is 5.73 Å². The van der Waals surface area contributed by atoms with E-state index in [1.165, 1.54) is 0 Å². The van der Waals surface area contributed by atoms with Crippen LogP contribution < -0.4 is 10.6 Å². The molecule has 0 radical (unpaired) electrons. The van der Waals surface area contributed by atoms with Gasteiger partial charge >= 0.3 is 0 Å². The maximum atomic E-state index is 8.73. The minimum absolute atomic E-state index is 0.0201. The summed E-state index contributed by atoms with van der Waals surface area (Å²) in [5.74, 6) is 0. The number of hydrogen-bond acceptors (Lipinski definition) is 4. The number of nitriles is 1. The maximum Gasteiger partial charge on any atom is 0.0640 e. The lowest BCUT2D eigenvalue weighted by atomic mass is 10.1. The van der Waals surface area contributed by atoms with Crippen LogP contribution in [0.1, 0.15) is 24.9 Å². The average molecular weight is 247 g/mol. The summed E-state index contributed by atoms with van der Waals surface area (Å²) >= 11 is 0. The van der Waals surface area contributed by atoms with E-state index < -0.39 is 0 Å². The summed E-state index contributed by atoms with van der Waals surface area (Å²) < 4.78 is 5.12. The first kappa shape index (κ1) is 14.5. The average Bonchev–Trinajstić information content (AvgIpc) is 2.39. The summed E-state index contributed by atoms with van der Waals surface area (Å²) in [6.45, 7) is 4.07. The van der Waals surface area contributed by atoms with Gasteiger partial charge in [-0.25, -0.2) is 0 Å². The zero-order chi connectivity index (χ0) is 13.4. The molecule has 0 amide bonds. The highest BCUT2D eigenvalue weighted by Crippen LogP contribution is 2.25. The van der Waals surface area contributed by atoms with Gasteiger partial charge in [0.2, 0.25) is 0 Å². The van der Waals surface area contributed by atoms with Crippen molar-refractivity contribution in [1.82, 2.24) is 0 Å². The molecule has 0 aliphatic carbocycles. The third kappa shape index (κ3) is 4.02. The second-order valence-corrected chi connectivity index (χ2v) is 4.24. The molecule has 18 heavy (non-hydrogen) atoms. The highest BCUT2D eigenvalue weighted by Gasteiger charge is 2.12. The Labute approximate surface area is 109 Å². The van der Waals surface area contributed by atoms with Crippen LogP contribution >= 0.6 is 0 Å². The van der Waals surface area contributed by atoms with Gasteiger partial charge in [0, 0.05) is 31.9 Å². The van der Waals surface area contributed by atoms with E-state index in [1.54, 1.807) is 7.11 Å². The summed E-state index contributed by atoms with van der Waals surface area (Å²) in [5.41, 5.74) is 8.19. The number of anilines is 1. The molecule has 98 valence electrons. The Kier molecular flexibility index (Phi) is 6.20. The lowest BCUT2D eigenvalue weighted by molar-refractivity contribution is 0.205. The zero-order valence-corrected chi connectivity index (χ0v) is 11.1. The fraction of sp³-hybridized carbons (Fsp3) is 0.500. The number of methoxy groups -OCH3 is 1. The van der Waals surface area contributed by atoms with Crippen molar-refractivity contribution in [2.75, 3.05) is 31.7 Å². The van der Waals surface area contributed by atoms with Gasteiger partial charge < -0.3 is 15.4 Å². The third-order valence-corrected chi connectivity index (χ3v) is 2.83. The lowest BCUT2D eigenvalue weighted by Gasteiger charge is -2.27. The fourth-order valence-electron chi connectivity index (χ4n) is 1.90. The number of nitrogens with two attached hydrogens (primary N) is 1. The molecule has 0 spiro atoms. The molecule has 1 aromatic carbocycles. The van der Waals surface area contributed by atoms with Crippen molar-refractivity contribution in [3.05, 3.63) is 29.8 Å². The molecular weight excluding hydrogens is 226 g/mol. The topological polar surface area (TPSA) is 62.3 Å². The smallest absolute Gasteiger partial charge is 0.0640 e. The summed E-state index contributed by atoms with van der Waals surface area (Å²) in [6.07, 6.45) is 0.497. The monoisotopic (exact) mass is 247 g/mol. The molecule has 1 atom stereocenters. The molecule has 4 nitrogen and oxygen atoms in total. The Morgan fingerprint density at radius 1 is 1.39 bits per heavy atom. The van der Waals surface area contributed by atoms with E-state index >= 15 is 0 Å². The molecule has 2 N–H and O–H groups in total. The second kappa shape index (κ2) is 7.70. The van der Waals surface area contributed by atoms with Crippen LogP contribution in [0, 0.1) is 11.3 Å². The van der Waals surface area contributed by atoms with E-state index in [-0.39, 0.29) is 6.04 Å². The Morgan fingerprint density at radius 3 is 2.72 bits per heavy atom. The van der Waals surface area contributed by atoms with Gasteiger partial charge in [0.15, 0.2) is 0 Å². The predicted molar refractivity (Wildman–Crippen MR) is 73.4 cm³/mol. The quantitative estimate of drug-likeness (QED) is 0.801. The van der Waals surface area contributed by atoms with Crippen molar-refractivity contribution >= 4 is 5.69 Å². The molecule has 1 rings (SSSR count). The Morgan fingerprint density at radius 2 is 2.11 bits per heavy atom. The van der Waals surface area contributed by atoms with Crippen LogP contribution in [-0.2, 0) is 4.74 Å². The molecule has 0 saturated carbocycles.